The topological polar surface area (TPSA) is 73.8 Å². The first-order valence-corrected chi connectivity index (χ1v) is 13.3. The predicted octanol–water partition coefficient (Wildman–Crippen LogP) is 2.59. The Hall–Kier alpha value is -1.90. The molecular weight excluding hydrogens is 416 g/mol. The van der Waals surface area contributed by atoms with E-state index in [4.69, 9.17) is 4.99 Å². The van der Waals surface area contributed by atoms with Crippen molar-refractivity contribution in [2.45, 2.75) is 38.4 Å². The number of rotatable bonds is 6. The molecule has 1 saturated heterocycles. The number of hydrogen-bond donors (Lipinski definition) is 2. The number of benzene rings is 1. The quantitative estimate of drug-likeness (QED) is 0.527. The van der Waals surface area contributed by atoms with Gasteiger partial charge in [-0.05, 0) is 42.3 Å². The lowest BCUT2D eigenvalue weighted by atomic mass is 10.0. The minimum atomic E-state index is -2.92. The number of hydrogen-bond acceptors (Lipinski definition) is 5. The highest BCUT2D eigenvalue weighted by Crippen LogP contribution is 2.30. The maximum absolute atomic E-state index is 11.8. The van der Waals surface area contributed by atoms with Gasteiger partial charge in [-0.25, -0.2) is 8.42 Å². The van der Waals surface area contributed by atoms with E-state index in [-0.39, 0.29) is 23.6 Å². The average Bonchev–Trinajstić information content (AvgIpc) is 3.34. The molecule has 2 aromatic rings. The van der Waals surface area contributed by atoms with Gasteiger partial charge in [0.1, 0.15) is 0 Å². The third kappa shape index (κ3) is 5.22. The first-order chi connectivity index (χ1) is 14.5. The summed E-state index contributed by atoms with van der Waals surface area (Å²) in [5.41, 5.74) is 2.69. The van der Waals surface area contributed by atoms with Crippen LogP contribution < -0.4 is 10.6 Å². The van der Waals surface area contributed by atoms with Gasteiger partial charge in [-0.2, -0.15) is 0 Å². The largest absolute Gasteiger partial charge is 0.357 e. The van der Waals surface area contributed by atoms with Crippen LogP contribution in [0.3, 0.4) is 0 Å². The zero-order valence-electron chi connectivity index (χ0n) is 17.4. The number of guanidine groups is 1. The van der Waals surface area contributed by atoms with Crippen molar-refractivity contribution in [2.24, 2.45) is 4.99 Å². The Morgan fingerprint density at radius 1 is 1.30 bits per heavy atom. The molecule has 0 radical (unpaired) electrons. The number of thiophene rings is 1. The molecule has 0 spiro atoms. The molecule has 6 nitrogen and oxygen atoms in total. The van der Waals surface area contributed by atoms with Gasteiger partial charge in [0, 0.05) is 30.6 Å². The van der Waals surface area contributed by atoms with E-state index in [1.165, 1.54) is 16.0 Å². The second-order valence-corrected chi connectivity index (χ2v) is 11.2. The SMILES string of the molecule is CCNC(=NCC(c1ccccc1)N1CCc2sccc2C1)NC1CCS(=O)(=O)C1. The van der Waals surface area contributed by atoms with Gasteiger partial charge in [0.25, 0.3) is 0 Å². The summed E-state index contributed by atoms with van der Waals surface area (Å²) in [6.07, 6.45) is 1.72. The number of fused-ring (bicyclic) bond motifs is 1. The molecule has 1 aromatic heterocycles. The molecule has 8 heteroatoms. The molecule has 30 heavy (non-hydrogen) atoms. The summed E-state index contributed by atoms with van der Waals surface area (Å²) in [4.78, 5) is 8.89. The molecule has 1 fully saturated rings. The highest BCUT2D eigenvalue weighted by atomic mass is 32.2. The number of sulfone groups is 1. The number of aliphatic imine (C=N–C) groups is 1. The molecule has 0 aliphatic carbocycles. The highest BCUT2D eigenvalue weighted by molar-refractivity contribution is 7.91. The Balaban J connectivity index is 1.51. The molecule has 2 atom stereocenters. The van der Waals surface area contributed by atoms with Crippen molar-refractivity contribution in [3.63, 3.8) is 0 Å². The Labute approximate surface area is 183 Å². The van der Waals surface area contributed by atoms with Crippen LogP contribution in [0.2, 0.25) is 0 Å². The van der Waals surface area contributed by atoms with Gasteiger partial charge >= 0.3 is 0 Å². The summed E-state index contributed by atoms with van der Waals surface area (Å²) < 4.78 is 23.6. The van der Waals surface area contributed by atoms with Crippen LogP contribution in [0.1, 0.15) is 35.4 Å². The van der Waals surface area contributed by atoms with Crippen molar-refractivity contribution < 1.29 is 8.42 Å². The van der Waals surface area contributed by atoms with Crippen LogP contribution in [-0.4, -0.2) is 56.5 Å². The van der Waals surface area contributed by atoms with E-state index in [1.54, 1.807) is 0 Å². The predicted molar refractivity (Wildman–Crippen MR) is 124 cm³/mol. The van der Waals surface area contributed by atoms with Gasteiger partial charge in [0.05, 0.1) is 24.1 Å². The van der Waals surface area contributed by atoms with E-state index in [2.05, 4.69) is 51.2 Å². The first-order valence-electron chi connectivity index (χ1n) is 10.6. The van der Waals surface area contributed by atoms with Crippen molar-refractivity contribution in [2.75, 3.05) is 31.1 Å². The lowest BCUT2D eigenvalue weighted by Crippen LogP contribution is -2.44. The van der Waals surface area contributed by atoms with E-state index in [0.29, 0.717) is 18.9 Å². The second kappa shape index (κ2) is 9.49. The van der Waals surface area contributed by atoms with E-state index in [0.717, 1.165) is 26.1 Å². The molecule has 2 aliphatic heterocycles. The van der Waals surface area contributed by atoms with Gasteiger partial charge in [0.15, 0.2) is 15.8 Å². The van der Waals surface area contributed by atoms with Gasteiger partial charge in [-0.3, -0.25) is 9.89 Å². The van der Waals surface area contributed by atoms with Crippen LogP contribution in [0, 0.1) is 0 Å². The molecule has 3 heterocycles. The van der Waals surface area contributed by atoms with Crippen LogP contribution in [0.25, 0.3) is 0 Å². The van der Waals surface area contributed by atoms with Crippen LogP contribution in [0.5, 0.6) is 0 Å². The summed E-state index contributed by atoms with van der Waals surface area (Å²) >= 11 is 1.85. The van der Waals surface area contributed by atoms with Crippen LogP contribution >= 0.6 is 11.3 Å². The van der Waals surface area contributed by atoms with Gasteiger partial charge in [-0.1, -0.05) is 30.3 Å². The second-order valence-electron chi connectivity index (χ2n) is 7.98. The van der Waals surface area contributed by atoms with Gasteiger partial charge in [0.2, 0.25) is 0 Å². The van der Waals surface area contributed by atoms with Gasteiger partial charge < -0.3 is 10.6 Å². The molecule has 0 saturated carbocycles. The zero-order valence-corrected chi connectivity index (χ0v) is 19.0. The Morgan fingerprint density at radius 3 is 2.87 bits per heavy atom. The fourth-order valence-corrected chi connectivity index (χ4v) is 6.81. The molecule has 4 rings (SSSR count). The third-order valence-electron chi connectivity index (χ3n) is 5.80. The average molecular weight is 447 g/mol. The highest BCUT2D eigenvalue weighted by Gasteiger charge is 2.29. The monoisotopic (exact) mass is 446 g/mol. The normalized spacial score (nSPS) is 22.4. The van der Waals surface area contributed by atoms with E-state index >= 15 is 0 Å². The fourth-order valence-electron chi connectivity index (χ4n) is 4.24. The molecule has 2 unspecified atom stereocenters. The summed E-state index contributed by atoms with van der Waals surface area (Å²) in [5, 5.41) is 8.81. The van der Waals surface area contributed by atoms with Crippen molar-refractivity contribution >= 4 is 27.1 Å². The lowest BCUT2D eigenvalue weighted by molar-refractivity contribution is 0.185. The molecule has 162 valence electrons. The van der Waals surface area contributed by atoms with Crippen molar-refractivity contribution in [1.29, 1.82) is 0 Å². The van der Waals surface area contributed by atoms with Crippen LogP contribution in [0.15, 0.2) is 46.8 Å². The van der Waals surface area contributed by atoms with E-state index in [1.807, 2.05) is 24.3 Å². The maximum Gasteiger partial charge on any atom is 0.191 e. The molecular formula is C22H30N4O2S2. The smallest absolute Gasteiger partial charge is 0.191 e. The summed E-state index contributed by atoms with van der Waals surface area (Å²) in [6, 6.07) is 12.9. The minimum absolute atomic E-state index is 0.0636. The van der Waals surface area contributed by atoms with Crippen LogP contribution in [0.4, 0.5) is 0 Å². The van der Waals surface area contributed by atoms with Crippen LogP contribution in [-0.2, 0) is 22.8 Å². The Morgan fingerprint density at radius 2 is 2.13 bits per heavy atom. The Kier molecular flexibility index (Phi) is 6.75. The molecule has 2 N–H and O–H groups in total. The first kappa shape index (κ1) is 21.3. The Bertz CT molecular complexity index is 972. The molecule has 0 bridgehead atoms. The standard InChI is InChI=1S/C22H30N4O2S2/c1-2-23-22(25-19-10-13-30(27,28)16-19)24-14-20(17-6-4-3-5-7-17)26-11-8-21-18(15-26)9-12-29-21/h3-7,9,12,19-20H,2,8,10-11,13-16H2,1H3,(H2,23,24,25). The van der Waals surface area contributed by atoms with Gasteiger partial charge in [-0.15, -0.1) is 11.3 Å². The molecule has 1 aromatic carbocycles. The lowest BCUT2D eigenvalue weighted by Gasteiger charge is -2.34. The zero-order chi connectivity index (χ0) is 21.0. The minimum Gasteiger partial charge on any atom is -0.357 e. The summed E-state index contributed by atoms with van der Waals surface area (Å²) in [5.74, 6) is 1.15. The molecule has 0 amide bonds. The molecule has 2 aliphatic rings. The summed E-state index contributed by atoms with van der Waals surface area (Å²) in [6.45, 7) is 5.35. The summed E-state index contributed by atoms with van der Waals surface area (Å²) in [7, 11) is -2.92. The van der Waals surface area contributed by atoms with Crippen molar-refractivity contribution in [3.05, 3.63) is 57.8 Å². The van der Waals surface area contributed by atoms with Crippen molar-refractivity contribution in [3.8, 4) is 0 Å². The fraction of sp³-hybridized carbons (Fsp3) is 0.500. The maximum atomic E-state index is 11.8. The number of nitrogens with one attached hydrogen (secondary N) is 2. The van der Waals surface area contributed by atoms with E-state index < -0.39 is 9.84 Å². The number of nitrogens with zero attached hydrogens (tertiary/aromatic N) is 2. The van der Waals surface area contributed by atoms with E-state index in [9.17, 15) is 8.42 Å². The van der Waals surface area contributed by atoms with Crippen molar-refractivity contribution in [1.82, 2.24) is 15.5 Å². The third-order valence-corrected chi connectivity index (χ3v) is 8.59.